The molecule has 2 nitrogen and oxygen atoms in total. The Kier molecular flexibility index (Phi) is 4.36. The summed E-state index contributed by atoms with van der Waals surface area (Å²) in [5.41, 5.74) is 1.37. The average Bonchev–Trinajstić information content (AvgIpc) is 2.68. The number of hydrogen-bond acceptors (Lipinski definition) is 2. The maximum absolute atomic E-state index is 5.96. The fourth-order valence-electron chi connectivity index (χ4n) is 1.66. The molecule has 0 N–H and O–H groups in total. The monoisotopic (exact) mass is 280 g/mol. The first kappa shape index (κ1) is 13.5. The van der Waals surface area contributed by atoms with Crippen LogP contribution in [0.15, 0.2) is 35.4 Å². The van der Waals surface area contributed by atoms with Crippen LogP contribution in [0.5, 0.6) is 0 Å². The van der Waals surface area contributed by atoms with Gasteiger partial charge in [-0.2, -0.15) is 0 Å². The second-order valence-electron chi connectivity index (χ2n) is 4.57. The maximum atomic E-state index is 5.96. The standard InChI is InChI=1S/C14H17ClN2S/c1-10(2)11-4-6-12(7-5-11)18-9-14-16-8-13(15)17(14)3/h4-8,10H,9H2,1-3H3. The predicted molar refractivity (Wildman–Crippen MR) is 78.3 cm³/mol. The van der Waals surface area contributed by atoms with Crippen LogP contribution in [-0.4, -0.2) is 9.55 Å². The highest BCUT2D eigenvalue weighted by Gasteiger charge is 2.05. The molecule has 1 aromatic heterocycles. The summed E-state index contributed by atoms with van der Waals surface area (Å²) in [5, 5.41) is 0.681. The van der Waals surface area contributed by atoms with Crippen molar-refractivity contribution in [1.29, 1.82) is 0 Å². The Hall–Kier alpha value is -0.930. The van der Waals surface area contributed by atoms with Gasteiger partial charge in [-0.05, 0) is 23.6 Å². The topological polar surface area (TPSA) is 17.8 Å². The lowest BCUT2D eigenvalue weighted by Crippen LogP contribution is -1.95. The van der Waals surface area contributed by atoms with Crippen LogP contribution in [0.25, 0.3) is 0 Å². The number of hydrogen-bond donors (Lipinski definition) is 0. The smallest absolute Gasteiger partial charge is 0.128 e. The summed E-state index contributed by atoms with van der Waals surface area (Å²) in [6, 6.07) is 8.73. The molecule has 0 aliphatic rings. The van der Waals surface area contributed by atoms with Crippen molar-refractivity contribution in [1.82, 2.24) is 9.55 Å². The van der Waals surface area contributed by atoms with Crippen molar-refractivity contribution in [2.24, 2.45) is 7.05 Å². The molecule has 0 saturated carbocycles. The van der Waals surface area contributed by atoms with Gasteiger partial charge in [-0.25, -0.2) is 4.98 Å². The molecule has 0 spiro atoms. The molecule has 0 aliphatic carbocycles. The van der Waals surface area contributed by atoms with Crippen LogP contribution in [0.3, 0.4) is 0 Å². The van der Waals surface area contributed by atoms with E-state index in [1.54, 1.807) is 18.0 Å². The van der Waals surface area contributed by atoms with E-state index >= 15 is 0 Å². The van der Waals surface area contributed by atoms with Gasteiger partial charge in [-0.1, -0.05) is 37.6 Å². The summed E-state index contributed by atoms with van der Waals surface area (Å²) in [4.78, 5) is 5.55. The third-order valence-corrected chi connectivity index (χ3v) is 4.30. The molecule has 2 aromatic rings. The van der Waals surface area contributed by atoms with E-state index in [1.807, 2.05) is 11.6 Å². The van der Waals surface area contributed by atoms with Crippen LogP contribution >= 0.6 is 23.4 Å². The fourth-order valence-corrected chi connectivity index (χ4v) is 2.69. The first-order chi connectivity index (χ1) is 8.58. The van der Waals surface area contributed by atoms with Crippen molar-refractivity contribution in [3.05, 3.63) is 47.0 Å². The van der Waals surface area contributed by atoms with Crippen molar-refractivity contribution >= 4 is 23.4 Å². The fraction of sp³-hybridized carbons (Fsp3) is 0.357. The predicted octanol–water partition coefficient (Wildman–Crippen LogP) is 4.49. The Morgan fingerprint density at radius 2 is 1.94 bits per heavy atom. The third-order valence-electron chi connectivity index (χ3n) is 2.94. The van der Waals surface area contributed by atoms with Crippen molar-refractivity contribution in [3.8, 4) is 0 Å². The zero-order valence-corrected chi connectivity index (χ0v) is 12.4. The lowest BCUT2D eigenvalue weighted by molar-refractivity contribution is 0.849. The van der Waals surface area contributed by atoms with E-state index in [-0.39, 0.29) is 0 Å². The summed E-state index contributed by atoms with van der Waals surface area (Å²) >= 11 is 7.74. The first-order valence-electron chi connectivity index (χ1n) is 5.96. The number of imidazole rings is 1. The molecule has 0 unspecified atom stereocenters. The zero-order chi connectivity index (χ0) is 13.1. The minimum Gasteiger partial charge on any atom is -0.322 e. The van der Waals surface area contributed by atoms with E-state index in [0.29, 0.717) is 11.1 Å². The molecule has 0 atom stereocenters. The molecule has 1 aromatic carbocycles. The number of benzene rings is 1. The number of halogens is 1. The minimum absolute atomic E-state index is 0.581. The Bertz CT molecular complexity index is 517. The molecule has 0 amide bonds. The molecule has 96 valence electrons. The van der Waals surface area contributed by atoms with Gasteiger partial charge in [0.05, 0.1) is 11.9 Å². The molecule has 1 heterocycles. The van der Waals surface area contributed by atoms with Gasteiger partial charge < -0.3 is 4.57 Å². The second kappa shape index (κ2) is 5.81. The molecule has 0 aliphatic heterocycles. The van der Waals surface area contributed by atoms with Gasteiger partial charge in [0.2, 0.25) is 0 Å². The van der Waals surface area contributed by atoms with E-state index in [1.165, 1.54) is 10.5 Å². The number of aromatic nitrogens is 2. The second-order valence-corrected chi connectivity index (χ2v) is 6.00. The van der Waals surface area contributed by atoms with Crippen molar-refractivity contribution in [2.75, 3.05) is 0 Å². The maximum Gasteiger partial charge on any atom is 0.128 e. The van der Waals surface area contributed by atoms with E-state index in [9.17, 15) is 0 Å². The molecular weight excluding hydrogens is 264 g/mol. The average molecular weight is 281 g/mol. The molecule has 0 bridgehead atoms. The van der Waals surface area contributed by atoms with Gasteiger partial charge in [0.1, 0.15) is 11.0 Å². The molecular formula is C14H17ClN2S. The number of rotatable bonds is 4. The third kappa shape index (κ3) is 3.09. The van der Waals surface area contributed by atoms with Gasteiger partial charge in [0.25, 0.3) is 0 Å². The van der Waals surface area contributed by atoms with Gasteiger partial charge in [0, 0.05) is 11.9 Å². The largest absolute Gasteiger partial charge is 0.322 e. The SMILES string of the molecule is CC(C)c1ccc(SCc2ncc(Cl)n2C)cc1. The van der Waals surface area contributed by atoms with E-state index in [4.69, 9.17) is 11.6 Å². The lowest BCUT2D eigenvalue weighted by atomic mass is 10.0. The molecule has 0 radical (unpaired) electrons. The summed E-state index contributed by atoms with van der Waals surface area (Å²) in [6.07, 6.45) is 1.69. The summed E-state index contributed by atoms with van der Waals surface area (Å²) in [6.45, 7) is 4.41. The van der Waals surface area contributed by atoms with Crippen LogP contribution in [0, 0.1) is 0 Å². The highest BCUT2D eigenvalue weighted by Crippen LogP contribution is 2.25. The quantitative estimate of drug-likeness (QED) is 0.768. The number of nitrogens with zero attached hydrogens (tertiary/aromatic N) is 2. The Balaban J connectivity index is 2.00. The minimum atomic E-state index is 0.581. The van der Waals surface area contributed by atoms with E-state index < -0.39 is 0 Å². The van der Waals surface area contributed by atoms with Crippen molar-refractivity contribution in [3.63, 3.8) is 0 Å². The van der Waals surface area contributed by atoms with Gasteiger partial charge in [-0.15, -0.1) is 11.8 Å². The molecule has 2 rings (SSSR count). The van der Waals surface area contributed by atoms with Crippen LogP contribution in [-0.2, 0) is 12.8 Å². The first-order valence-corrected chi connectivity index (χ1v) is 7.33. The van der Waals surface area contributed by atoms with E-state index in [0.717, 1.165) is 11.6 Å². The van der Waals surface area contributed by atoms with Crippen LogP contribution < -0.4 is 0 Å². The van der Waals surface area contributed by atoms with Gasteiger partial charge in [-0.3, -0.25) is 0 Å². The van der Waals surface area contributed by atoms with Crippen molar-refractivity contribution < 1.29 is 0 Å². The molecule has 18 heavy (non-hydrogen) atoms. The summed E-state index contributed by atoms with van der Waals surface area (Å²) in [5.74, 6) is 2.42. The Morgan fingerprint density at radius 3 is 2.44 bits per heavy atom. The highest BCUT2D eigenvalue weighted by molar-refractivity contribution is 7.98. The van der Waals surface area contributed by atoms with Crippen molar-refractivity contribution in [2.45, 2.75) is 30.4 Å². The van der Waals surface area contributed by atoms with Crippen LogP contribution in [0.2, 0.25) is 5.15 Å². The molecule has 0 saturated heterocycles. The Morgan fingerprint density at radius 1 is 1.28 bits per heavy atom. The number of thioether (sulfide) groups is 1. The highest BCUT2D eigenvalue weighted by atomic mass is 35.5. The van der Waals surface area contributed by atoms with Crippen LogP contribution in [0.1, 0.15) is 31.2 Å². The summed E-state index contributed by atoms with van der Waals surface area (Å²) in [7, 11) is 1.94. The van der Waals surface area contributed by atoms with Gasteiger partial charge >= 0.3 is 0 Å². The molecule has 0 fully saturated rings. The van der Waals surface area contributed by atoms with E-state index in [2.05, 4.69) is 43.1 Å². The zero-order valence-electron chi connectivity index (χ0n) is 10.9. The molecule has 4 heteroatoms. The lowest BCUT2D eigenvalue weighted by Gasteiger charge is -2.07. The van der Waals surface area contributed by atoms with Gasteiger partial charge in [0.15, 0.2) is 0 Å². The van der Waals surface area contributed by atoms with Crippen LogP contribution in [0.4, 0.5) is 0 Å². The summed E-state index contributed by atoms with van der Waals surface area (Å²) < 4.78 is 1.91. The normalized spacial score (nSPS) is 11.2. The Labute approximate surface area is 117 Å².